The van der Waals surface area contributed by atoms with E-state index in [1.54, 1.807) is 6.20 Å². The summed E-state index contributed by atoms with van der Waals surface area (Å²) >= 11 is 0. The Kier molecular flexibility index (Phi) is 3.92. The van der Waals surface area contributed by atoms with Gasteiger partial charge in [-0.05, 0) is 51.1 Å². The molecule has 1 fully saturated rings. The first-order chi connectivity index (χ1) is 10.2. The number of hydrogen-bond donors (Lipinski definition) is 2. The van der Waals surface area contributed by atoms with Crippen molar-refractivity contribution in [2.75, 3.05) is 30.7 Å². The van der Waals surface area contributed by atoms with E-state index in [9.17, 15) is 4.39 Å². The second kappa shape index (κ2) is 5.85. The quantitative estimate of drug-likeness (QED) is 0.849. The lowest BCUT2D eigenvalue weighted by atomic mass is 10.1. The molecule has 0 radical (unpaired) electrons. The van der Waals surface area contributed by atoms with E-state index in [0.717, 1.165) is 18.5 Å². The van der Waals surface area contributed by atoms with Crippen molar-refractivity contribution in [3.05, 3.63) is 30.2 Å². The van der Waals surface area contributed by atoms with Crippen LogP contribution in [0.3, 0.4) is 0 Å². The molecule has 112 valence electrons. The van der Waals surface area contributed by atoms with Gasteiger partial charge in [0.2, 0.25) is 0 Å². The molecule has 4 nitrogen and oxygen atoms in total. The summed E-state index contributed by atoms with van der Waals surface area (Å²) < 4.78 is 14.2. The average Bonchev–Trinajstić information content (AvgIpc) is 3.01. The van der Waals surface area contributed by atoms with Crippen LogP contribution < -0.4 is 11.1 Å². The van der Waals surface area contributed by atoms with Crippen molar-refractivity contribution < 1.29 is 4.39 Å². The van der Waals surface area contributed by atoms with E-state index in [1.807, 2.05) is 12.1 Å². The summed E-state index contributed by atoms with van der Waals surface area (Å²) in [6.07, 6.45) is 4.17. The monoisotopic (exact) mass is 288 g/mol. The van der Waals surface area contributed by atoms with Gasteiger partial charge in [-0.1, -0.05) is 0 Å². The molecule has 2 heterocycles. The summed E-state index contributed by atoms with van der Waals surface area (Å²) in [5.41, 5.74) is 7.34. The second-order valence-electron chi connectivity index (χ2n) is 5.70. The van der Waals surface area contributed by atoms with Gasteiger partial charge in [0.15, 0.2) is 5.82 Å². The number of nitrogen functional groups attached to an aromatic ring is 1. The number of pyridine rings is 1. The van der Waals surface area contributed by atoms with Crippen LogP contribution in [0.15, 0.2) is 24.4 Å². The van der Waals surface area contributed by atoms with Gasteiger partial charge in [-0.15, -0.1) is 0 Å². The van der Waals surface area contributed by atoms with Crippen LogP contribution in [-0.4, -0.2) is 35.6 Å². The summed E-state index contributed by atoms with van der Waals surface area (Å²) in [5.74, 6) is -0.340. The normalized spacial score (nSPS) is 17.2. The highest BCUT2D eigenvalue weighted by Crippen LogP contribution is 2.29. The van der Waals surface area contributed by atoms with Gasteiger partial charge < -0.3 is 11.1 Å². The molecule has 1 unspecified atom stereocenters. The molecule has 2 aromatic rings. The topological polar surface area (TPSA) is 54.2 Å². The maximum absolute atomic E-state index is 14.2. The number of fused-ring (bicyclic) bond motifs is 1. The summed E-state index contributed by atoms with van der Waals surface area (Å²) in [6.45, 7) is 5.13. The minimum absolute atomic E-state index is 0.340. The number of likely N-dealkylation sites (tertiary alicyclic amines) is 1. The lowest BCUT2D eigenvalue weighted by Crippen LogP contribution is -2.35. The molecule has 0 bridgehead atoms. The van der Waals surface area contributed by atoms with Crippen LogP contribution in [0.5, 0.6) is 0 Å². The molecule has 0 amide bonds. The molecule has 1 aliphatic rings. The molecule has 1 aromatic carbocycles. The highest BCUT2D eigenvalue weighted by atomic mass is 19.1. The Bertz CT molecular complexity index is 637. The Morgan fingerprint density at radius 2 is 2.19 bits per heavy atom. The Balaban J connectivity index is 1.83. The smallest absolute Gasteiger partial charge is 0.150 e. The molecule has 3 rings (SSSR count). The highest BCUT2D eigenvalue weighted by molar-refractivity contribution is 5.98. The third kappa shape index (κ3) is 2.78. The van der Waals surface area contributed by atoms with Crippen LogP contribution in [0.1, 0.15) is 19.8 Å². The van der Waals surface area contributed by atoms with Crippen LogP contribution in [0.4, 0.5) is 15.8 Å². The van der Waals surface area contributed by atoms with E-state index >= 15 is 0 Å². The third-order valence-electron chi connectivity index (χ3n) is 4.21. The van der Waals surface area contributed by atoms with Crippen molar-refractivity contribution in [3.8, 4) is 0 Å². The predicted molar refractivity (Wildman–Crippen MR) is 84.9 cm³/mol. The van der Waals surface area contributed by atoms with Crippen LogP contribution in [0, 0.1) is 5.82 Å². The number of anilines is 2. The molecule has 21 heavy (non-hydrogen) atoms. The molecule has 1 aliphatic heterocycles. The van der Waals surface area contributed by atoms with Crippen LogP contribution in [0.25, 0.3) is 10.9 Å². The largest absolute Gasteiger partial charge is 0.398 e. The van der Waals surface area contributed by atoms with E-state index in [4.69, 9.17) is 5.73 Å². The maximum atomic E-state index is 14.2. The summed E-state index contributed by atoms with van der Waals surface area (Å²) in [5, 5.41) is 4.01. The Morgan fingerprint density at radius 1 is 1.43 bits per heavy atom. The van der Waals surface area contributed by atoms with Crippen molar-refractivity contribution >= 4 is 22.3 Å². The zero-order valence-corrected chi connectivity index (χ0v) is 12.3. The number of benzene rings is 1. The fraction of sp³-hybridized carbons (Fsp3) is 0.438. The number of hydrogen-bond acceptors (Lipinski definition) is 4. The maximum Gasteiger partial charge on any atom is 0.150 e. The van der Waals surface area contributed by atoms with Crippen molar-refractivity contribution in [1.82, 2.24) is 9.88 Å². The standard InChI is InChI=1S/C16H21FN4/c1-11(21-7-2-3-8-21)10-20-16-13(17)9-14(18)12-5-4-6-19-15(12)16/h4-6,9,11,20H,2-3,7-8,10,18H2,1H3. The Hall–Kier alpha value is -1.88. The first-order valence-corrected chi connectivity index (χ1v) is 7.47. The summed E-state index contributed by atoms with van der Waals surface area (Å²) in [7, 11) is 0. The van der Waals surface area contributed by atoms with Gasteiger partial charge in [-0.3, -0.25) is 9.88 Å². The zero-order valence-electron chi connectivity index (χ0n) is 12.3. The SMILES string of the molecule is CC(CNc1c(F)cc(N)c2cccnc12)N1CCCC1. The third-order valence-corrected chi connectivity index (χ3v) is 4.21. The molecular formula is C16H21FN4. The first kappa shape index (κ1) is 14.1. The molecule has 1 saturated heterocycles. The zero-order chi connectivity index (χ0) is 14.8. The lowest BCUT2D eigenvalue weighted by Gasteiger charge is -2.24. The number of rotatable bonds is 4. The molecule has 1 atom stereocenters. The van der Waals surface area contributed by atoms with Crippen molar-refractivity contribution in [3.63, 3.8) is 0 Å². The van der Waals surface area contributed by atoms with E-state index in [-0.39, 0.29) is 5.82 Å². The number of nitrogens with two attached hydrogens (primary N) is 1. The predicted octanol–water partition coefficient (Wildman–Crippen LogP) is 2.85. The Morgan fingerprint density at radius 3 is 2.95 bits per heavy atom. The summed E-state index contributed by atoms with van der Waals surface area (Å²) in [6, 6.07) is 5.43. The fourth-order valence-corrected chi connectivity index (χ4v) is 2.97. The lowest BCUT2D eigenvalue weighted by molar-refractivity contribution is 0.269. The molecular weight excluding hydrogens is 267 g/mol. The number of nitrogens with one attached hydrogen (secondary N) is 1. The minimum atomic E-state index is -0.340. The van der Waals surface area contributed by atoms with E-state index in [1.165, 1.54) is 18.9 Å². The summed E-state index contributed by atoms with van der Waals surface area (Å²) in [4.78, 5) is 6.71. The number of halogens is 1. The van der Waals surface area contributed by atoms with Crippen LogP contribution in [-0.2, 0) is 0 Å². The molecule has 0 saturated carbocycles. The van der Waals surface area contributed by atoms with Crippen molar-refractivity contribution in [2.45, 2.75) is 25.8 Å². The molecule has 3 N–H and O–H groups in total. The van der Waals surface area contributed by atoms with Gasteiger partial charge in [-0.25, -0.2) is 4.39 Å². The van der Waals surface area contributed by atoms with E-state index < -0.39 is 0 Å². The van der Waals surface area contributed by atoms with E-state index in [2.05, 4.69) is 22.1 Å². The van der Waals surface area contributed by atoms with Crippen LogP contribution in [0.2, 0.25) is 0 Å². The van der Waals surface area contributed by atoms with Gasteiger partial charge in [0.05, 0.1) is 11.2 Å². The highest BCUT2D eigenvalue weighted by Gasteiger charge is 2.19. The van der Waals surface area contributed by atoms with Gasteiger partial charge in [-0.2, -0.15) is 0 Å². The van der Waals surface area contributed by atoms with Crippen LogP contribution >= 0.6 is 0 Å². The number of nitrogens with zero attached hydrogens (tertiary/aromatic N) is 2. The average molecular weight is 288 g/mol. The fourth-order valence-electron chi connectivity index (χ4n) is 2.97. The van der Waals surface area contributed by atoms with Gasteiger partial charge in [0, 0.05) is 29.9 Å². The van der Waals surface area contributed by atoms with Gasteiger partial charge >= 0.3 is 0 Å². The van der Waals surface area contributed by atoms with E-state index in [0.29, 0.717) is 29.5 Å². The first-order valence-electron chi connectivity index (χ1n) is 7.47. The molecule has 0 spiro atoms. The van der Waals surface area contributed by atoms with Gasteiger partial charge in [0.1, 0.15) is 0 Å². The van der Waals surface area contributed by atoms with Crippen molar-refractivity contribution in [1.29, 1.82) is 0 Å². The molecule has 1 aromatic heterocycles. The number of aromatic nitrogens is 1. The minimum Gasteiger partial charge on any atom is -0.398 e. The molecule has 5 heteroatoms. The second-order valence-corrected chi connectivity index (χ2v) is 5.70. The van der Waals surface area contributed by atoms with Gasteiger partial charge in [0.25, 0.3) is 0 Å². The Labute approximate surface area is 124 Å². The molecule has 0 aliphatic carbocycles. The van der Waals surface area contributed by atoms with Crippen molar-refractivity contribution in [2.24, 2.45) is 0 Å².